The zero-order valence-corrected chi connectivity index (χ0v) is 10.5. The number of nitrogens with zero attached hydrogens (tertiary/aromatic N) is 3. The van der Waals surface area contributed by atoms with E-state index < -0.39 is 5.76 Å². The average molecular weight is 257 g/mol. The Hall–Kier alpha value is -2.63. The highest BCUT2D eigenvalue weighted by Gasteiger charge is 2.13. The highest BCUT2D eigenvalue weighted by molar-refractivity contribution is 5.80. The van der Waals surface area contributed by atoms with Gasteiger partial charge in [0.25, 0.3) is 0 Å². The van der Waals surface area contributed by atoms with E-state index in [9.17, 15) is 9.59 Å². The van der Waals surface area contributed by atoms with Crippen molar-refractivity contribution >= 4 is 17.4 Å². The SMILES string of the molecule is Cc1c(-n2cnc(C=O)c2)ccc2oc(=O)n(C)c12. The lowest BCUT2D eigenvalue weighted by atomic mass is 10.1. The van der Waals surface area contributed by atoms with E-state index in [0.717, 1.165) is 16.8 Å². The Morgan fingerprint density at radius 3 is 2.84 bits per heavy atom. The molecule has 19 heavy (non-hydrogen) atoms. The highest BCUT2D eigenvalue weighted by Crippen LogP contribution is 2.23. The van der Waals surface area contributed by atoms with Crippen molar-refractivity contribution in [1.82, 2.24) is 14.1 Å². The molecule has 0 aliphatic heterocycles. The van der Waals surface area contributed by atoms with E-state index in [2.05, 4.69) is 4.98 Å². The molecule has 0 saturated carbocycles. The Morgan fingerprint density at radius 2 is 2.16 bits per heavy atom. The fourth-order valence-electron chi connectivity index (χ4n) is 2.23. The lowest BCUT2D eigenvalue weighted by Crippen LogP contribution is -2.09. The minimum absolute atomic E-state index is 0.362. The van der Waals surface area contributed by atoms with Gasteiger partial charge in [-0.1, -0.05) is 0 Å². The van der Waals surface area contributed by atoms with Gasteiger partial charge in [0.1, 0.15) is 12.0 Å². The molecule has 0 bridgehead atoms. The van der Waals surface area contributed by atoms with E-state index in [1.165, 1.54) is 4.57 Å². The predicted octanol–water partition coefficient (Wildman–Crippen LogP) is 1.44. The minimum Gasteiger partial charge on any atom is -0.408 e. The van der Waals surface area contributed by atoms with E-state index in [4.69, 9.17) is 4.42 Å². The fraction of sp³-hybridized carbons (Fsp3) is 0.154. The van der Waals surface area contributed by atoms with Crippen molar-refractivity contribution in [1.29, 1.82) is 0 Å². The normalized spacial score (nSPS) is 11.1. The Bertz CT molecular complexity index is 839. The summed E-state index contributed by atoms with van der Waals surface area (Å²) in [5, 5.41) is 0. The zero-order valence-electron chi connectivity index (χ0n) is 10.5. The van der Waals surface area contributed by atoms with Gasteiger partial charge in [0.15, 0.2) is 11.9 Å². The van der Waals surface area contributed by atoms with Gasteiger partial charge in [-0.3, -0.25) is 9.36 Å². The van der Waals surface area contributed by atoms with Crippen LogP contribution >= 0.6 is 0 Å². The van der Waals surface area contributed by atoms with Crippen molar-refractivity contribution in [2.75, 3.05) is 0 Å². The van der Waals surface area contributed by atoms with Gasteiger partial charge in [-0.25, -0.2) is 9.78 Å². The van der Waals surface area contributed by atoms with E-state index in [1.807, 2.05) is 13.0 Å². The smallest absolute Gasteiger partial charge is 0.408 e. The molecule has 1 aromatic carbocycles. The van der Waals surface area contributed by atoms with E-state index in [-0.39, 0.29) is 0 Å². The Balaban J connectivity index is 2.30. The summed E-state index contributed by atoms with van der Waals surface area (Å²) >= 11 is 0. The maximum Gasteiger partial charge on any atom is 0.419 e. The van der Waals surface area contributed by atoms with Crippen molar-refractivity contribution in [3.63, 3.8) is 0 Å². The van der Waals surface area contributed by atoms with E-state index in [1.54, 1.807) is 30.2 Å². The molecule has 6 heteroatoms. The molecule has 0 aliphatic rings. The van der Waals surface area contributed by atoms with Crippen molar-refractivity contribution in [2.45, 2.75) is 6.92 Å². The van der Waals surface area contributed by atoms with Gasteiger partial charge < -0.3 is 8.98 Å². The van der Waals surface area contributed by atoms with Gasteiger partial charge in [-0.2, -0.15) is 0 Å². The molecule has 0 unspecified atom stereocenters. The fourth-order valence-corrected chi connectivity index (χ4v) is 2.23. The highest BCUT2D eigenvalue weighted by atomic mass is 16.4. The molecule has 0 atom stereocenters. The molecule has 0 amide bonds. The molecule has 0 radical (unpaired) electrons. The second-order valence-corrected chi connectivity index (χ2v) is 4.31. The maximum atomic E-state index is 11.5. The molecule has 0 saturated heterocycles. The van der Waals surface area contributed by atoms with Crippen LogP contribution < -0.4 is 5.76 Å². The van der Waals surface area contributed by atoms with Crippen LogP contribution in [0.1, 0.15) is 16.1 Å². The van der Waals surface area contributed by atoms with Crippen LogP contribution in [-0.2, 0) is 7.05 Å². The van der Waals surface area contributed by atoms with E-state index >= 15 is 0 Å². The first-order chi connectivity index (χ1) is 9.11. The number of carbonyl (C=O) groups excluding carboxylic acids is 1. The second kappa shape index (κ2) is 3.94. The lowest BCUT2D eigenvalue weighted by molar-refractivity contribution is 0.111. The van der Waals surface area contributed by atoms with Crippen molar-refractivity contribution in [2.24, 2.45) is 7.05 Å². The number of fused-ring (bicyclic) bond motifs is 1. The Labute approximate surface area is 107 Å². The number of aromatic nitrogens is 3. The Kier molecular flexibility index (Phi) is 2.38. The topological polar surface area (TPSA) is 70.0 Å². The van der Waals surface area contributed by atoms with E-state index in [0.29, 0.717) is 17.6 Å². The average Bonchev–Trinajstić information content (AvgIpc) is 2.96. The molecular formula is C13H11N3O3. The molecule has 3 aromatic rings. The third kappa shape index (κ3) is 1.61. The van der Waals surface area contributed by atoms with Crippen LogP contribution in [0.25, 0.3) is 16.8 Å². The van der Waals surface area contributed by atoms with Crippen molar-refractivity contribution in [3.05, 3.63) is 46.5 Å². The molecule has 0 fully saturated rings. The summed E-state index contributed by atoms with van der Waals surface area (Å²) in [5.41, 5.74) is 3.39. The molecule has 96 valence electrons. The molecule has 6 nitrogen and oxygen atoms in total. The van der Waals surface area contributed by atoms with Crippen LogP contribution in [0.2, 0.25) is 0 Å². The summed E-state index contributed by atoms with van der Waals surface area (Å²) < 4.78 is 8.33. The van der Waals surface area contributed by atoms with Crippen LogP contribution in [0.15, 0.2) is 33.9 Å². The van der Waals surface area contributed by atoms with Crippen LogP contribution in [0, 0.1) is 6.92 Å². The van der Waals surface area contributed by atoms with Gasteiger partial charge >= 0.3 is 5.76 Å². The summed E-state index contributed by atoms with van der Waals surface area (Å²) in [6, 6.07) is 3.57. The van der Waals surface area contributed by atoms with Gasteiger partial charge in [-0.05, 0) is 19.1 Å². The second-order valence-electron chi connectivity index (χ2n) is 4.31. The number of aldehydes is 1. The van der Waals surface area contributed by atoms with Gasteiger partial charge in [0.2, 0.25) is 0 Å². The molecule has 0 N–H and O–H groups in total. The minimum atomic E-state index is -0.394. The number of aryl methyl sites for hydroxylation is 2. The van der Waals surface area contributed by atoms with Crippen molar-refractivity contribution in [3.8, 4) is 5.69 Å². The number of benzene rings is 1. The molecule has 2 heterocycles. The standard InChI is InChI=1S/C13H11N3O3/c1-8-10(16-5-9(6-17)14-7-16)3-4-11-12(8)15(2)13(18)19-11/h3-7H,1-2H3. The van der Waals surface area contributed by atoms with Gasteiger partial charge in [0.05, 0.1) is 11.2 Å². The summed E-state index contributed by atoms with van der Waals surface area (Å²) in [6.45, 7) is 1.90. The zero-order chi connectivity index (χ0) is 13.6. The number of rotatable bonds is 2. The third-order valence-corrected chi connectivity index (χ3v) is 3.17. The summed E-state index contributed by atoms with van der Waals surface area (Å²) in [7, 11) is 1.66. The quantitative estimate of drug-likeness (QED) is 0.651. The van der Waals surface area contributed by atoms with Crippen molar-refractivity contribution < 1.29 is 9.21 Å². The number of hydrogen-bond donors (Lipinski definition) is 0. The molecular weight excluding hydrogens is 246 g/mol. The molecule has 3 rings (SSSR count). The largest absolute Gasteiger partial charge is 0.419 e. The first-order valence-electron chi connectivity index (χ1n) is 5.70. The summed E-state index contributed by atoms with van der Waals surface area (Å²) in [6.07, 6.45) is 3.90. The number of oxazole rings is 1. The number of carbonyl (C=O) groups is 1. The maximum absolute atomic E-state index is 11.5. The summed E-state index contributed by atoms with van der Waals surface area (Å²) in [5.74, 6) is -0.394. The van der Waals surface area contributed by atoms with Gasteiger partial charge in [-0.15, -0.1) is 0 Å². The first-order valence-corrected chi connectivity index (χ1v) is 5.70. The molecule has 0 aliphatic carbocycles. The first kappa shape index (κ1) is 11.5. The van der Waals surface area contributed by atoms with Crippen LogP contribution in [-0.4, -0.2) is 20.4 Å². The van der Waals surface area contributed by atoms with Crippen LogP contribution in [0.3, 0.4) is 0 Å². The van der Waals surface area contributed by atoms with Gasteiger partial charge in [0, 0.05) is 18.8 Å². The third-order valence-electron chi connectivity index (χ3n) is 3.17. The molecule has 2 aromatic heterocycles. The lowest BCUT2D eigenvalue weighted by Gasteiger charge is -2.07. The van der Waals surface area contributed by atoms with Crippen LogP contribution in [0.5, 0.6) is 0 Å². The van der Waals surface area contributed by atoms with Crippen LogP contribution in [0.4, 0.5) is 0 Å². The Morgan fingerprint density at radius 1 is 1.37 bits per heavy atom. The number of hydrogen-bond acceptors (Lipinski definition) is 4. The summed E-state index contributed by atoms with van der Waals surface area (Å²) in [4.78, 5) is 26.2. The number of imidazole rings is 1. The predicted molar refractivity (Wildman–Crippen MR) is 68.7 cm³/mol. The molecule has 0 spiro atoms. The monoisotopic (exact) mass is 257 g/mol.